The maximum Gasteiger partial charge on any atom is 0.348 e. The second-order valence-electron chi connectivity index (χ2n) is 5.78. The third-order valence-corrected chi connectivity index (χ3v) is 4.89. The molecular formula is C18H16N4OS. The van der Waals surface area contributed by atoms with Crippen LogP contribution in [0.3, 0.4) is 0 Å². The van der Waals surface area contributed by atoms with Crippen molar-refractivity contribution < 1.29 is 0 Å². The molecule has 0 atom stereocenters. The summed E-state index contributed by atoms with van der Waals surface area (Å²) in [5.41, 5.74) is 4.52. The molecule has 3 heterocycles. The lowest BCUT2D eigenvalue weighted by Gasteiger charge is -2.07. The number of aromatic nitrogens is 4. The molecule has 5 nitrogen and oxygen atoms in total. The molecule has 0 amide bonds. The van der Waals surface area contributed by atoms with Gasteiger partial charge in [-0.15, -0.1) is 11.3 Å². The number of hydrogen-bond acceptors (Lipinski definition) is 4. The largest absolute Gasteiger partial charge is 0.360 e. The number of fused-ring (bicyclic) bond motifs is 1. The summed E-state index contributed by atoms with van der Waals surface area (Å²) < 4.78 is 1.66. The van der Waals surface area contributed by atoms with Gasteiger partial charge in [0.2, 0.25) is 0 Å². The summed E-state index contributed by atoms with van der Waals surface area (Å²) in [6, 6.07) is 10.1. The lowest BCUT2D eigenvalue weighted by molar-refractivity contribution is 0.691. The predicted octanol–water partition coefficient (Wildman–Crippen LogP) is 3.51. The average molecular weight is 336 g/mol. The maximum atomic E-state index is 12.1. The molecule has 0 saturated heterocycles. The van der Waals surface area contributed by atoms with Crippen LogP contribution in [0.15, 0.2) is 46.7 Å². The minimum Gasteiger partial charge on any atom is -0.360 e. The number of hydrogen-bond donors (Lipinski definition) is 1. The van der Waals surface area contributed by atoms with Crippen LogP contribution in [0.1, 0.15) is 16.4 Å². The number of nitrogens with one attached hydrogen (secondary N) is 1. The Kier molecular flexibility index (Phi) is 3.54. The highest BCUT2D eigenvalue weighted by Crippen LogP contribution is 2.29. The molecule has 0 aliphatic carbocycles. The van der Waals surface area contributed by atoms with Crippen molar-refractivity contribution in [2.75, 3.05) is 0 Å². The van der Waals surface area contributed by atoms with Crippen molar-refractivity contribution in [3.05, 3.63) is 68.8 Å². The second kappa shape index (κ2) is 5.72. The van der Waals surface area contributed by atoms with Gasteiger partial charge in [-0.05, 0) is 26.0 Å². The van der Waals surface area contributed by atoms with E-state index in [0.29, 0.717) is 6.54 Å². The van der Waals surface area contributed by atoms with Crippen LogP contribution < -0.4 is 5.69 Å². The zero-order valence-corrected chi connectivity index (χ0v) is 14.2. The van der Waals surface area contributed by atoms with Crippen LogP contribution in [-0.4, -0.2) is 19.5 Å². The number of thiazole rings is 1. The molecule has 3 aromatic heterocycles. The van der Waals surface area contributed by atoms with Crippen molar-refractivity contribution in [1.82, 2.24) is 19.5 Å². The summed E-state index contributed by atoms with van der Waals surface area (Å²) in [6.45, 7) is 4.20. The normalized spacial score (nSPS) is 11.2. The summed E-state index contributed by atoms with van der Waals surface area (Å²) in [6.07, 6.45) is 1.98. The van der Waals surface area contributed by atoms with Crippen molar-refractivity contribution in [2.24, 2.45) is 0 Å². The van der Waals surface area contributed by atoms with E-state index in [0.717, 1.165) is 38.6 Å². The molecule has 0 aliphatic heterocycles. The van der Waals surface area contributed by atoms with Gasteiger partial charge in [0.25, 0.3) is 0 Å². The van der Waals surface area contributed by atoms with E-state index in [1.807, 2.05) is 49.7 Å². The van der Waals surface area contributed by atoms with Crippen LogP contribution in [0.4, 0.5) is 0 Å². The molecule has 6 heteroatoms. The van der Waals surface area contributed by atoms with Gasteiger partial charge in [-0.25, -0.2) is 9.78 Å². The predicted molar refractivity (Wildman–Crippen MR) is 96.5 cm³/mol. The third-order valence-electron chi connectivity index (χ3n) is 4.06. The van der Waals surface area contributed by atoms with Gasteiger partial charge >= 0.3 is 5.69 Å². The number of nitrogens with zero attached hydrogens (tertiary/aromatic N) is 3. The molecule has 4 aromatic rings. The van der Waals surface area contributed by atoms with Crippen LogP contribution in [0, 0.1) is 13.8 Å². The van der Waals surface area contributed by atoms with Crippen LogP contribution in [0.2, 0.25) is 0 Å². The Hall–Kier alpha value is -2.73. The number of rotatable bonds is 3. The van der Waals surface area contributed by atoms with Crippen molar-refractivity contribution in [3.8, 4) is 11.3 Å². The van der Waals surface area contributed by atoms with Gasteiger partial charge in [-0.3, -0.25) is 4.57 Å². The highest BCUT2D eigenvalue weighted by atomic mass is 32.1. The molecule has 0 unspecified atom stereocenters. The monoisotopic (exact) mass is 336 g/mol. The standard InChI is InChI=1S/C18H16N4OS/c1-11-7-12(2)22(18(23)20-11)9-17-21-16(10-24-17)14-8-19-15-6-4-3-5-13(14)15/h3-8,10,19H,9H2,1-2H3. The molecule has 1 N–H and O–H groups in total. The SMILES string of the molecule is Cc1cc(C)n(Cc2nc(-c3c[nH]c4ccccc34)cs2)c(=O)n1. The summed E-state index contributed by atoms with van der Waals surface area (Å²) >= 11 is 1.56. The second-order valence-corrected chi connectivity index (χ2v) is 6.72. The van der Waals surface area contributed by atoms with E-state index in [1.165, 1.54) is 0 Å². The minimum absolute atomic E-state index is 0.226. The Bertz CT molecular complexity index is 1090. The Labute approximate surface area is 142 Å². The third kappa shape index (κ3) is 2.55. The Morgan fingerprint density at radius 3 is 2.88 bits per heavy atom. The molecule has 24 heavy (non-hydrogen) atoms. The van der Waals surface area contributed by atoms with E-state index in [-0.39, 0.29) is 5.69 Å². The topological polar surface area (TPSA) is 63.6 Å². The molecule has 0 saturated carbocycles. The summed E-state index contributed by atoms with van der Waals surface area (Å²) in [7, 11) is 0. The van der Waals surface area contributed by atoms with E-state index in [9.17, 15) is 4.79 Å². The van der Waals surface area contributed by atoms with Crippen LogP contribution in [0.5, 0.6) is 0 Å². The average Bonchev–Trinajstić information content (AvgIpc) is 3.17. The molecule has 0 radical (unpaired) electrons. The van der Waals surface area contributed by atoms with Crippen molar-refractivity contribution in [2.45, 2.75) is 20.4 Å². The van der Waals surface area contributed by atoms with Gasteiger partial charge in [0, 0.05) is 39.4 Å². The van der Waals surface area contributed by atoms with Crippen molar-refractivity contribution in [1.29, 1.82) is 0 Å². The first-order valence-corrected chi connectivity index (χ1v) is 8.56. The van der Waals surface area contributed by atoms with E-state index >= 15 is 0 Å². The minimum atomic E-state index is -0.226. The fraction of sp³-hybridized carbons (Fsp3) is 0.167. The number of H-pyrrole nitrogens is 1. The van der Waals surface area contributed by atoms with Gasteiger partial charge in [-0.2, -0.15) is 4.98 Å². The van der Waals surface area contributed by atoms with Crippen molar-refractivity contribution >= 4 is 22.2 Å². The zero-order valence-electron chi connectivity index (χ0n) is 13.4. The first-order chi connectivity index (χ1) is 11.6. The molecule has 0 fully saturated rings. The first-order valence-electron chi connectivity index (χ1n) is 7.68. The zero-order chi connectivity index (χ0) is 16.7. The van der Waals surface area contributed by atoms with Gasteiger partial charge < -0.3 is 4.98 Å². The molecule has 120 valence electrons. The Balaban J connectivity index is 1.70. The molecular weight excluding hydrogens is 320 g/mol. The van der Waals surface area contributed by atoms with Gasteiger partial charge in [0.1, 0.15) is 5.01 Å². The van der Waals surface area contributed by atoms with E-state index in [2.05, 4.69) is 16.0 Å². The Morgan fingerprint density at radius 1 is 1.21 bits per heavy atom. The lowest BCUT2D eigenvalue weighted by atomic mass is 10.1. The quantitative estimate of drug-likeness (QED) is 0.623. The van der Waals surface area contributed by atoms with Gasteiger partial charge in [0.15, 0.2) is 0 Å². The fourth-order valence-corrected chi connectivity index (χ4v) is 3.67. The van der Waals surface area contributed by atoms with Gasteiger partial charge in [0.05, 0.1) is 12.2 Å². The number of aromatic amines is 1. The maximum absolute atomic E-state index is 12.1. The highest BCUT2D eigenvalue weighted by Gasteiger charge is 2.11. The van der Waals surface area contributed by atoms with E-state index in [4.69, 9.17) is 4.98 Å². The van der Waals surface area contributed by atoms with Crippen LogP contribution in [-0.2, 0) is 6.54 Å². The molecule has 0 bridgehead atoms. The van der Waals surface area contributed by atoms with Crippen molar-refractivity contribution in [3.63, 3.8) is 0 Å². The Morgan fingerprint density at radius 2 is 2.04 bits per heavy atom. The van der Waals surface area contributed by atoms with E-state index < -0.39 is 0 Å². The highest BCUT2D eigenvalue weighted by molar-refractivity contribution is 7.09. The van der Waals surface area contributed by atoms with Crippen LogP contribution in [0.25, 0.3) is 22.2 Å². The molecule has 0 spiro atoms. The van der Waals surface area contributed by atoms with Crippen LogP contribution >= 0.6 is 11.3 Å². The summed E-state index contributed by atoms with van der Waals surface area (Å²) in [5.74, 6) is 0. The lowest BCUT2D eigenvalue weighted by Crippen LogP contribution is -2.26. The number of para-hydroxylation sites is 1. The molecule has 4 rings (SSSR count). The fourth-order valence-electron chi connectivity index (χ4n) is 2.89. The first kappa shape index (κ1) is 14.8. The smallest absolute Gasteiger partial charge is 0.348 e. The number of aryl methyl sites for hydroxylation is 2. The summed E-state index contributed by atoms with van der Waals surface area (Å²) in [4.78, 5) is 24.1. The summed E-state index contributed by atoms with van der Waals surface area (Å²) in [5, 5.41) is 4.08. The van der Waals surface area contributed by atoms with Gasteiger partial charge in [-0.1, -0.05) is 18.2 Å². The van der Waals surface area contributed by atoms with E-state index in [1.54, 1.807) is 15.9 Å². The molecule has 1 aromatic carbocycles. The molecule has 0 aliphatic rings. The number of benzene rings is 1.